The van der Waals surface area contributed by atoms with Gasteiger partial charge in [0.25, 0.3) is 5.91 Å². The first-order chi connectivity index (χ1) is 22.6. The summed E-state index contributed by atoms with van der Waals surface area (Å²) in [7, 11) is -3.84. The number of ether oxygens (including phenoxy) is 2. The Hall–Kier alpha value is -3.64. The number of hydrogen-bond acceptors (Lipinski definition) is 8. The van der Waals surface area contributed by atoms with Crippen molar-refractivity contribution in [3.05, 3.63) is 129 Å². The number of hydrazine groups is 1. The fraction of sp³-hybridized carbons (Fsp3) is 0.235. The lowest BCUT2D eigenvalue weighted by Crippen LogP contribution is -2.53. The van der Waals surface area contributed by atoms with Crippen LogP contribution in [0.25, 0.3) is 0 Å². The van der Waals surface area contributed by atoms with Crippen molar-refractivity contribution in [3.8, 4) is 5.75 Å². The van der Waals surface area contributed by atoms with E-state index in [0.29, 0.717) is 39.9 Å². The molecule has 2 atom stereocenters. The average Bonchev–Trinajstić information content (AvgIpc) is 3.46. The zero-order valence-corrected chi connectivity index (χ0v) is 28.1. The number of nitrogens with one attached hydrogen (secondary N) is 2. The summed E-state index contributed by atoms with van der Waals surface area (Å²) in [4.78, 5) is 19.3. The van der Waals surface area contributed by atoms with Gasteiger partial charge in [0.2, 0.25) is 5.90 Å². The van der Waals surface area contributed by atoms with Crippen LogP contribution in [0.2, 0.25) is 15.1 Å². The second kappa shape index (κ2) is 15.5. The van der Waals surface area contributed by atoms with Crippen LogP contribution in [0.5, 0.6) is 5.75 Å². The topological polar surface area (TPSA) is 126 Å². The van der Waals surface area contributed by atoms with Crippen molar-refractivity contribution >= 4 is 56.4 Å². The van der Waals surface area contributed by atoms with E-state index in [-0.39, 0.29) is 35.4 Å². The van der Waals surface area contributed by atoms with Crippen LogP contribution >= 0.6 is 34.8 Å². The number of halogens is 3. The second-order valence-electron chi connectivity index (χ2n) is 10.7. The summed E-state index contributed by atoms with van der Waals surface area (Å²) in [6.07, 6.45) is -0.898. The van der Waals surface area contributed by atoms with Gasteiger partial charge < -0.3 is 14.6 Å². The molecule has 47 heavy (non-hydrogen) atoms. The summed E-state index contributed by atoms with van der Waals surface area (Å²) in [5.74, 6) is -0.377. The zero-order chi connectivity index (χ0) is 33.4. The Morgan fingerprint density at radius 3 is 2.36 bits per heavy atom. The number of aliphatic hydroxyl groups excluding tert-OH is 1. The smallest absolute Gasteiger partial charge is 0.266 e. The Bertz CT molecular complexity index is 1840. The molecular weight excluding hydrogens is 685 g/mol. The molecule has 3 N–H and O–H groups in total. The van der Waals surface area contributed by atoms with Gasteiger partial charge >= 0.3 is 0 Å². The number of benzene rings is 4. The van der Waals surface area contributed by atoms with Gasteiger partial charge in [-0.3, -0.25) is 10.2 Å². The lowest BCUT2D eigenvalue weighted by Gasteiger charge is -2.31. The van der Waals surface area contributed by atoms with Crippen molar-refractivity contribution in [2.45, 2.75) is 35.9 Å². The normalized spacial score (nSPS) is 17.5. The number of carbonyl (C=O) groups excluding carboxylic acids is 1. The van der Waals surface area contributed by atoms with E-state index in [9.17, 15) is 13.2 Å². The maximum atomic E-state index is 14.3. The van der Waals surface area contributed by atoms with Gasteiger partial charge in [-0.2, -0.15) is 0 Å². The Balaban J connectivity index is 1.54. The highest BCUT2D eigenvalue weighted by Gasteiger charge is 2.54. The molecule has 0 aromatic heterocycles. The van der Waals surface area contributed by atoms with Crippen LogP contribution in [0.3, 0.4) is 0 Å². The Labute approximate surface area is 288 Å². The van der Waals surface area contributed by atoms with Gasteiger partial charge in [0.1, 0.15) is 5.75 Å². The summed E-state index contributed by atoms with van der Waals surface area (Å²) >= 11 is 19.2. The molecular formula is C34H32Cl3N3O6S. The zero-order valence-electron chi connectivity index (χ0n) is 25.0. The monoisotopic (exact) mass is 715 g/mol. The Morgan fingerprint density at radius 2 is 1.66 bits per heavy atom. The minimum atomic E-state index is -3.84. The third-order valence-corrected chi connectivity index (χ3v) is 10.2. The van der Waals surface area contributed by atoms with Crippen molar-refractivity contribution in [2.24, 2.45) is 4.99 Å². The molecule has 0 aliphatic carbocycles. The molecule has 0 bridgehead atoms. The molecule has 4 aromatic carbocycles. The summed E-state index contributed by atoms with van der Waals surface area (Å²) < 4.78 is 39.1. The molecule has 0 spiro atoms. The van der Waals surface area contributed by atoms with E-state index in [1.54, 1.807) is 66.7 Å². The number of aliphatic imine (C=N–C) groups is 1. The van der Waals surface area contributed by atoms with Crippen LogP contribution in [0.1, 0.15) is 35.6 Å². The van der Waals surface area contributed by atoms with Crippen LogP contribution < -0.4 is 15.6 Å². The van der Waals surface area contributed by atoms with E-state index in [1.807, 2.05) is 12.1 Å². The van der Waals surface area contributed by atoms with Gasteiger partial charge in [-0.25, -0.2) is 18.8 Å². The summed E-state index contributed by atoms with van der Waals surface area (Å²) in [5, 5.41) is 10.2. The largest absolute Gasteiger partial charge is 0.494 e. The van der Waals surface area contributed by atoms with E-state index in [2.05, 4.69) is 10.9 Å². The van der Waals surface area contributed by atoms with Crippen LogP contribution in [0.4, 0.5) is 0 Å². The number of hydrogen-bond donors (Lipinski definition) is 3. The van der Waals surface area contributed by atoms with Crippen molar-refractivity contribution in [1.29, 1.82) is 0 Å². The SMILES string of the molecule is O=C(NNCc1ccccc1Cl)[C@@]1(CCS(=O)(=O)c2ccccc2)N=C(c2ccc(OCCCO)cc2)O[C@H]1c1ccc(Cl)cc1Cl. The average molecular weight is 717 g/mol. The highest BCUT2D eigenvalue weighted by molar-refractivity contribution is 7.91. The molecule has 1 aliphatic heterocycles. The van der Waals surface area contributed by atoms with Crippen molar-refractivity contribution in [3.63, 3.8) is 0 Å². The van der Waals surface area contributed by atoms with E-state index in [1.165, 1.54) is 18.2 Å². The molecule has 0 fully saturated rings. The van der Waals surface area contributed by atoms with Gasteiger partial charge in [0, 0.05) is 52.2 Å². The maximum absolute atomic E-state index is 14.3. The lowest BCUT2D eigenvalue weighted by molar-refractivity contribution is -0.130. The van der Waals surface area contributed by atoms with Gasteiger partial charge in [-0.05, 0) is 60.2 Å². The number of amides is 1. The van der Waals surface area contributed by atoms with E-state index in [4.69, 9.17) is 54.4 Å². The molecule has 1 aliphatic rings. The summed E-state index contributed by atoms with van der Waals surface area (Å²) in [6, 6.07) is 26.8. The third-order valence-electron chi connectivity index (χ3n) is 7.57. The molecule has 5 rings (SSSR count). The highest BCUT2D eigenvalue weighted by atomic mass is 35.5. The molecule has 0 saturated heterocycles. The first-order valence-electron chi connectivity index (χ1n) is 14.7. The molecule has 0 radical (unpaired) electrons. The molecule has 13 heteroatoms. The third kappa shape index (κ3) is 8.27. The van der Waals surface area contributed by atoms with E-state index >= 15 is 0 Å². The van der Waals surface area contributed by atoms with Gasteiger partial charge in [-0.1, -0.05) is 77.3 Å². The molecule has 0 unspecified atom stereocenters. The van der Waals surface area contributed by atoms with Gasteiger partial charge in [-0.15, -0.1) is 0 Å². The fourth-order valence-electron chi connectivity index (χ4n) is 5.07. The minimum Gasteiger partial charge on any atom is -0.494 e. The van der Waals surface area contributed by atoms with Gasteiger partial charge in [0.15, 0.2) is 21.5 Å². The number of nitrogens with zero attached hydrogens (tertiary/aromatic N) is 1. The maximum Gasteiger partial charge on any atom is 0.266 e. The summed E-state index contributed by atoms with van der Waals surface area (Å²) in [6.45, 7) is 0.533. The highest BCUT2D eigenvalue weighted by Crippen LogP contribution is 2.45. The first-order valence-corrected chi connectivity index (χ1v) is 17.5. The molecule has 1 heterocycles. The molecule has 0 saturated carbocycles. The second-order valence-corrected chi connectivity index (χ2v) is 14.1. The standard InChI is InChI=1S/C34H32Cl3N3O6S/c35-25-13-16-28(30(37)21-25)31-34(17-20-47(43,44)27-8-2-1-3-9-27,33(42)40-38-22-24-7-4-5-10-29(24)36)39-32(46-31)23-11-14-26(15-12-23)45-19-6-18-41/h1-5,7-16,21,31,38,41H,6,17-20,22H2,(H,40,42)/t31-,34-/m0/s1. The van der Waals surface area contributed by atoms with Crippen LogP contribution in [-0.2, 0) is 25.9 Å². The number of rotatable bonds is 14. The van der Waals surface area contributed by atoms with Crippen molar-refractivity contribution in [1.82, 2.24) is 10.9 Å². The van der Waals surface area contributed by atoms with E-state index in [0.717, 1.165) is 5.56 Å². The van der Waals surface area contributed by atoms with Crippen LogP contribution in [0.15, 0.2) is 107 Å². The van der Waals surface area contributed by atoms with Crippen molar-refractivity contribution < 1.29 is 27.8 Å². The first kappa shape index (κ1) is 34.7. The van der Waals surface area contributed by atoms with Crippen LogP contribution in [0, 0.1) is 0 Å². The lowest BCUT2D eigenvalue weighted by atomic mass is 9.85. The predicted octanol–water partition coefficient (Wildman–Crippen LogP) is 6.35. The van der Waals surface area contributed by atoms with Gasteiger partial charge in [0.05, 0.1) is 17.3 Å². The minimum absolute atomic E-state index is 0.00869. The Kier molecular flexibility index (Phi) is 11.4. The molecule has 1 amide bonds. The molecule has 9 nitrogen and oxygen atoms in total. The molecule has 4 aromatic rings. The number of sulfone groups is 1. The van der Waals surface area contributed by atoms with Crippen LogP contribution in [-0.4, -0.2) is 49.8 Å². The number of carbonyl (C=O) groups is 1. The quantitative estimate of drug-likeness (QED) is 0.103. The van der Waals surface area contributed by atoms with Crippen molar-refractivity contribution in [2.75, 3.05) is 19.0 Å². The molecule has 246 valence electrons. The Morgan fingerprint density at radius 1 is 0.936 bits per heavy atom. The predicted molar refractivity (Wildman–Crippen MR) is 183 cm³/mol. The summed E-state index contributed by atoms with van der Waals surface area (Å²) in [5.41, 5.74) is 5.50. The number of aliphatic hydroxyl groups is 1. The van der Waals surface area contributed by atoms with E-state index < -0.39 is 33.1 Å². The fourth-order valence-corrected chi connectivity index (χ4v) is 7.16.